The van der Waals surface area contributed by atoms with Gasteiger partial charge in [-0.1, -0.05) is 18.5 Å². The monoisotopic (exact) mass is 350 g/mol. The second-order valence-electron chi connectivity index (χ2n) is 5.53. The smallest absolute Gasteiger partial charge is 0.276 e. The number of hydrogen-bond donors (Lipinski definition) is 1. The molecule has 0 radical (unpaired) electrons. The first-order chi connectivity index (χ1) is 11.6. The number of hydrogen-bond acceptors (Lipinski definition) is 6. The Morgan fingerprint density at radius 1 is 1.46 bits per heavy atom. The van der Waals surface area contributed by atoms with Gasteiger partial charge in [0, 0.05) is 31.7 Å². The van der Waals surface area contributed by atoms with Gasteiger partial charge in [-0.2, -0.15) is 5.10 Å². The summed E-state index contributed by atoms with van der Waals surface area (Å²) in [5, 5.41) is 4.65. The highest BCUT2D eigenvalue weighted by Gasteiger charge is 2.30. The van der Waals surface area contributed by atoms with Crippen LogP contribution in [0.15, 0.2) is 18.6 Å². The Labute approximate surface area is 144 Å². The molecule has 1 aliphatic rings. The summed E-state index contributed by atoms with van der Waals surface area (Å²) < 4.78 is 7.39. The molecule has 24 heavy (non-hydrogen) atoms. The minimum Gasteiger partial charge on any atom is -0.382 e. The van der Waals surface area contributed by atoms with Crippen molar-refractivity contribution < 1.29 is 9.53 Å². The van der Waals surface area contributed by atoms with Crippen molar-refractivity contribution >= 4 is 23.3 Å². The molecule has 1 aliphatic heterocycles. The van der Waals surface area contributed by atoms with E-state index in [1.54, 1.807) is 22.0 Å². The minimum absolute atomic E-state index is 0.217. The summed E-state index contributed by atoms with van der Waals surface area (Å²) in [5.74, 6) is 0.0904. The Bertz CT molecular complexity index is 735. The van der Waals surface area contributed by atoms with Gasteiger partial charge < -0.3 is 15.4 Å². The molecule has 0 spiro atoms. The third kappa shape index (κ3) is 3.34. The van der Waals surface area contributed by atoms with Gasteiger partial charge in [0.2, 0.25) is 0 Å². The Morgan fingerprint density at radius 2 is 2.25 bits per heavy atom. The first-order valence-electron chi connectivity index (χ1n) is 7.80. The maximum Gasteiger partial charge on any atom is 0.276 e. The zero-order valence-corrected chi connectivity index (χ0v) is 14.1. The summed E-state index contributed by atoms with van der Waals surface area (Å²) in [5.41, 5.74) is 6.65. The number of aromatic nitrogens is 4. The lowest BCUT2D eigenvalue weighted by molar-refractivity contribution is -0.0247. The third-order valence-corrected chi connectivity index (χ3v) is 4.06. The molecule has 0 aliphatic carbocycles. The second-order valence-corrected chi connectivity index (χ2v) is 5.93. The largest absolute Gasteiger partial charge is 0.382 e. The predicted octanol–water partition coefficient (Wildman–Crippen LogP) is 1.53. The van der Waals surface area contributed by atoms with Crippen LogP contribution in [0.4, 0.5) is 5.82 Å². The van der Waals surface area contributed by atoms with Crippen molar-refractivity contribution in [2.75, 3.05) is 25.4 Å². The predicted molar refractivity (Wildman–Crippen MR) is 88.6 cm³/mol. The molecule has 3 heterocycles. The normalized spacial score (nSPS) is 17.9. The molecule has 3 rings (SSSR count). The number of aryl methyl sites for hydroxylation is 1. The lowest BCUT2D eigenvalue weighted by atomic mass is 10.2. The van der Waals surface area contributed by atoms with Crippen molar-refractivity contribution in [1.29, 1.82) is 0 Å². The molecule has 1 amide bonds. The van der Waals surface area contributed by atoms with Gasteiger partial charge >= 0.3 is 0 Å². The molecule has 9 heteroatoms. The second kappa shape index (κ2) is 7.14. The number of anilines is 1. The summed E-state index contributed by atoms with van der Waals surface area (Å²) in [6.45, 7) is 3.94. The minimum atomic E-state index is -0.409. The fourth-order valence-corrected chi connectivity index (χ4v) is 2.87. The molecule has 1 saturated heterocycles. The standard InChI is InChI=1S/C15H19ClN6O2/c1-2-5-22-8-10(16)12(20-22)15(23)21-6-7-24-11(9-21)13-14(17)19-4-3-18-13/h3-4,8,11H,2,5-7,9H2,1H3,(H2,17,19)/t11-/m1/s1. The van der Waals surface area contributed by atoms with Gasteiger partial charge in [-0.05, 0) is 6.42 Å². The number of carbonyl (C=O) groups excluding carboxylic acids is 1. The molecule has 0 bridgehead atoms. The molecule has 2 aromatic heterocycles. The molecule has 1 fully saturated rings. The molecular weight excluding hydrogens is 332 g/mol. The highest BCUT2D eigenvalue weighted by molar-refractivity contribution is 6.33. The molecule has 1 atom stereocenters. The summed E-state index contributed by atoms with van der Waals surface area (Å²) in [4.78, 5) is 22.6. The van der Waals surface area contributed by atoms with Crippen molar-refractivity contribution in [3.63, 3.8) is 0 Å². The van der Waals surface area contributed by atoms with E-state index in [-0.39, 0.29) is 11.6 Å². The summed E-state index contributed by atoms with van der Waals surface area (Å²) in [7, 11) is 0. The van der Waals surface area contributed by atoms with Gasteiger partial charge in [0.15, 0.2) is 5.69 Å². The van der Waals surface area contributed by atoms with E-state index in [9.17, 15) is 4.79 Å². The Kier molecular flexibility index (Phi) is 4.96. The number of morpholine rings is 1. The van der Waals surface area contributed by atoms with Crippen LogP contribution < -0.4 is 5.73 Å². The first kappa shape index (κ1) is 16.7. The van der Waals surface area contributed by atoms with Crippen LogP contribution in [0, 0.1) is 0 Å². The molecule has 0 aromatic carbocycles. The van der Waals surface area contributed by atoms with E-state index >= 15 is 0 Å². The Morgan fingerprint density at radius 3 is 3.00 bits per heavy atom. The first-order valence-corrected chi connectivity index (χ1v) is 8.18. The number of nitrogens with zero attached hydrogens (tertiary/aromatic N) is 5. The molecular formula is C15H19ClN6O2. The van der Waals surface area contributed by atoms with E-state index < -0.39 is 6.10 Å². The average Bonchev–Trinajstić information content (AvgIpc) is 2.95. The summed E-state index contributed by atoms with van der Waals surface area (Å²) >= 11 is 6.17. The third-order valence-electron chi connectivity index (χ3n) is 3.79. The molecule has 2 aromatic rings. The van der Waals surface area contributed by atoms with Gasteiger partial charge in [0.05, 0.1) is 18.2 Å². The van der Waals surface area contributed by atoms with Crippen LogP contribution in [0.1, 0.15) is 35.6 Å². The van der Waals surface area contributed by atoms with Gasteiger partial charge in [-0.25, -0.2) is 4.98 Å². The van der Waals surface area contributed by atoms with Gasteiger partial charge in [0.1, 0.15) is 17.6 Å². The van der Waals surface area contributed by atoms with E-state index in [0.29, 0.717) is 36.2 Å². The van der Waals surface area contributed by atoms with Crippen molar-refractivity contribution in [3.8, 4) is 0 Å². The van der Waals surface area contributed by atoms with E-state index in [1.165, 1.54) is 6.20 Å². The highest BCUT2D eigenvalue weighted by Crippen LogP contribution is 2.25. The van der Waals surface area contributed by atoms with Crippen molar-refractivity contribution in [1.82, 2.24) is 24.6 Å². The molecule has 0 unspecified atom stereocenters. The van der Waals surface area contributed by atoms with Crippen molar-refractivity contribution in [2.24, 2.45) is 0 Å². The van der Waals surface area contributed by atoms with E-state index in [1.807, 2.05) is 6.92 Å². The molecule has 0 saturated carbocycles. The number of nitrogen functional groups attached to an aromatic ring is 1. The van der Waals surface area contributed by atoms with E-state index in [0.717, 1.165) is 13.0 Å². The fourth-order valence-electron chi connectivity index (χ4n) is 2.64. The topological polar surface area (TPSA) is 99.2 Å². The highest BCUT2D eigenvalue weighted by atomic mass is 35.5. The molecule has 2 N–H and O–H groups in total. The summed E-state index contributed by atoms with van der Waals surface area (Å²) in [6.07, 6.45) is 5.26. The van der Waals surface area contributed by atoms with Crippen molar-refractivity contribution in [2.45, 2.75) is 26.0 Å². The number of carbonyl (C=O) groups is 1. The Balaban J connectivity index is 1.77. The lowest BCUT2D eigenvalue weighted by Gasteiger charge is -2.32. The summed E-state index contributed by atoms with van der Waals surface area (Å²) in [6, 6.07) is 0. The van der Waals surface area contributed by atoms with Gasteiger partial charge in [0.25, 0.3) is 5.91 Å². The Hall–Kier alpha value is -2.19. The number of nitrogens with two attached hydrogens (primary N) is 1. The van der Waals surface area contributed by atoms with Crippen LogP contribution in [-0.2, 0) is 11.3 Å². The quantitative estimate of drug-likeness (QED) is 0.897. The number of ether oxygens (including phenoxy) is 1. The number of halogens is 1. The molecule has 128 valence electrons. The van der Waals surface area contributed by atoms with Gasteiger partial charge in [-0.15, -0.1) is 0 Å². The maximum absolute atomic E-state index is 12.7. The van der Waals surface area contributed by atoms with E-state index in [4.69, 9.17) is 22.1 Å². The maximum atomic E-state index is 12.7. The van der Waals surface area contributed by atoms with Crippen LogP contribution in [0.5, 0.6) is 0 Å². The van der Waals surface area contributed by atoms with Crippen LogP contribution in [-0.4, -0.2) is 50.3 Å². The number of rotatable bonds is 4. The van der Waals surface area contributed by atoms with Crippen molar-refractivity contribution in [3.05, 3.63) is 35.0 Å². The zero-order valence-electron chi connectivity index (χ0n) is 13.4. The lowest BCUT2D eigenvalue weighted by Crippen LogP contribution is -2.43. The van der Waals surface area contributed by atoms with Crippen LogP contribution in [0.25, 0.3) is 0 Å². The van der Waals surface area contributed by atoms with Crippen LogP contribution in [0.2, 0.25) is 5.02 Å². The fraction of sp³-hybridized carbons (Fsp3) is 0.467. The SMILES string of the molecule is CCCn1cc(Cl)c(C(=O)N2CCO[C@@H](c3nccnc3N)C2)n1. The van der Waals surface area contributed by atoms with Gasteiger partial charge in [-0.3, -0.25) is 14.5 Å². The zero-order chi connectivity index (χ0) is 17.1. The molecule has 8 nitrogen and oxygen atoms in total. The number of amides is 1. The van der Waals surface area contributed by atoms with Crippen LogP contribution >= 0.6 is 11.6 Å². The van der Waals surface area contributed by atoms with E-state index in [2.05, 4.69) is 15.1 Å². The average molecular weight is 351 g/mol. The van der Waals surface area contributed by atoms with Crippen LogP contribution in [0.3, 0.4) is 0 Å².